The van der Waals surface area contributed by atoms with Crippen molar-refractivity contribution in [2.45, 2.75) is 24.9 Å². The van der Waals surface area contributed by atoms with E-state index >= 15 is 0 Å². The van der Waals surface area contributed by atoms with E-state index in [0.29, 0.717) is 12.0 Å². The molecule has 1 aromatic rings. The number of carbonyl (C=O) groups excluding carboxylic acids is 1. The van der Waals surface area contributed by atoms with Crippen LogP contribution in [0.15, 0.2) is 30.3 Å². The van der Waals surface area contributed by atoms with E-state index < -0.39 is 0 Å². The van der Waals surface area contributed by atoms with Gasteiger partial charge in [-0.05, 0) is 19.0 Å². The first kappa shape index (κ1) is 13.6. The maximum Gasteiger partial charge on any atom is 0.217 e. The second-order valence-electron chi connectivity index (χ2n) is 6.23. The summed E-state index contributed by atoms with van der Waals surface area (Å²) in [5.41, 5.74) is 1.23. The number of nitrogens with one attached hydrogen (secondary N) is 2. The van der Waals surface area contributed by atoms with Crippen LogP contribution in [-0.4, -0.2) is 43.0 Å². The van der Waals surface area contributed by atoms with Crippen molar-refractivity contribution >= 4 is 5.91 Å². The largest absolute Gasteiger partial charge is 0.349 e. The van der Waals surface area contributed by atoms with Gasteiger partial charge in [-0.1, -0.05) is 30.3 Å². The summed E-state index contributed by atoms with van der Waals surface area (Å²) in [5.74, 6) is 0.502. The SMILES string of the molecule is CC(=O)N[C@@]12CCN(C)CC1[C@@H](c1ccccc1)NC2. The molecule has 108 valence electrons. The minimum Gasteiger partial charge on any atom is -0.349 e. The highest BCUT2D eigenvalue weighted by Gasteiger charge is 2.51. The summed E-state index contributed by atoms with van der Waals surface area (Å²) in [6.45, 7) is 4.55. The molecule has 4 nitrogen and oxygen atoms in total. The van der Waals surface area contributed by atoms with Crippen LogP contribution in [0.5, 0.6) is 0 Å². The number of nitrogens with zero attached hydrogens (tertiary/aromatic N) is 1. The van der Waals surface area contributed by atoms with Crippen LogP contribution in [0.25, 0.3) is 0 Å². The molecule has 2 saturated heterocycles. The fraction of sp³-hybridized carbons (Fsp3) is 0.562. The van der Waals surface area contributed by atoms with Crippen LogP contribution in [0, 0.1) is 5.92 Å². The molecule has 2 heterocycles. The molecule has 2 N–H and O–H groups in total. The van der Waals surface area contributed by atoms with E-state index in [-0.39, 0.29) is 11.4 Å². The highest BCUT2D eigenvalue weighted by molar-refractivity contribution is 5.74. The lowest BCUT2D eigenvalue weighted by molar-refractivity contribution is -0.121. The molecule has 0 aromatic heterocycles. The summed E-state index contributed by atoms with van der Waals surface area (Å²) in [4.78, 5) is 14.0. The van der Waals surface area contributed by atoms with Crippen LogP contribution in [0.1, 0.15) is 24.9 Å². The Hall–Kier alpha value is -1.39. The molecule has 1 aromatic carbocycles. The predicted molar refractivity (Wildman–Crippen MR) is 79.3 cm³/mol. The molecule has 2 aliphatic heterocycles. The lowest BCUT2D eigenvalue weighted by Gasteiger charge is -2.44. The second kappa shape index (κ2) is 5.19. The summed E-state index contributed by atoms with van der Waals surface area (Å²) in [6, 6.07) is 10.9. The number of fused-ring (bicyclic) bond motifs is 1. The molecule has 3 atom stereocenters. The standard InChI is InChI=1S/C16H23N3O/c1-12(20)18-16-8-9-19(2)10-14(16)15(17-11-16)13-6-4-3-5-7-13/h3-7,14-15,17H,8-11H2,1-2H3,(H,18,20)/t14?,15-,16-/m1/s1. The van der Waals surface area contributed by atoms with Crippen LogP contribution >= 0.6 is 0 Å². The Morgan fingerprint density at radius 1 is 1.40 bits per heavy atom. The molecule has 3 rings (SSSR count). The van der Waals surface area contributed by atoms with E-state index in [0.717, 1.165) is 26.1 Å². The van der Waals surface area contributed by atoms with Crippen molar-refractivity contribution in [3.8, 4) is 0 Å². The van der Waals surface area contributed by atoms with Gasteiger partial charge in [-0.25, -0.2) is 0 Å². The van der Waals surface area contributed by atoms with Gasteiger partial charge in [-0.15, -0.1) is 0 Å². The molecule has 20 heavy (non-hydrogen) atoms. The predicted octanol–water partition coefficient (Wildman–Crippen LogP) is 1.16. The summed E-state index contributed by atoms with van der Waals surface area (Å²) in [6.07, 6.45) is 1.02. The van der Waals surface area contributed by atoms with Crippen molar-refractivity contribution in [2.75, 3.05) is 26.7 Å². The van der Waals surface area contributed by atoms with Crippen molar-refractivity contribution in [3.05, 3.63) is 35.9 Å². The van der Waals surface area contributed by atoms with Crippen molar-refractivity contribution in [3.63, 3.8) is 0 Å². The van der Waals surface area contributed by atoms with Gasteiger partial charge in [-0.2, -0.15) is 0 Å². The zero-order valence-electron chi connectivity index (χ0n) is 12.2. The molecule has 2 fully saturated rings. The van der Waals surface area contributed by atoms with E-state index in [2.05, 4.69) is 46.8 Å². The monoisotopic (exact) mass is 273 g/mol. The van der Waals surface area contributed by atoms with Gasteiger partial charge in [0.05, 0.1) is 5.54 Å². The topological polar surface area (TPSA) is 44.4 Å². The molecule has 1 unspecified atom stereocenters. The van der Waals surface area contributed by atoms with Gasteiger partial charge in [0.2, 0.25) is 5.91 Å². The minimum absolute atomic E-state index is 0.0788. The number of likely N-dealkylation sites (tertiary alicyclic amines) is 1. The van der Waals surface area contributed by atoms with Gasteiger partial charge in [-0.3, -0.25) is 4.79 Å². The Morgan fingerprint density at radius 2 is 2.15 bits per heavy atom. The minimum atomic E-state index is -0.0845. The average Bonchev–Trinajstić information content (AvgIpc) is 2.78. The smallest absolute Gasteiger partial charge is 0.217 e. The van der Waals surface area contributed by atoms with Gasteiger partial charge >= 0.3 is 0 Å². The highest BCUT2D eigenvalue weighted by atomic mass is 16.1. The van der Waals surface area contributed by atoms with Gasteiger partial charge in [0, 0.05) is 38.5 Å². The van der Waals surface area contributed by atoms with Gasteiger partial charge in [0.25, 0.3) is 0 Å². The number of hydrogen-bond donors (Lipinski definition) is 2. The molecule has 2 aliphatic rings. The maximum atomic E-state index is 11.6. The number of piperidine rings is 1. The Kier molecular flexibility index (Phi) is 3.52. The fourth-order valence-corrected chi connectivity index (χ4v) is 3.82. The third-order valence-electron chi connectivity index (χ3n) is 4.78. The van der Waals surface area contributed by atoms with Gasteiger partial charge in [0.1, 0.15) is 0 Å². The number of benzene rings is 1. The number of rotatable bonds is 2. The number of hydrogen-bond acceptors (Lipinski definition) is 3. The molecule has 1 amide bonds. The summed E-state index contributed by atoms with van der Waals surface area (Å²) >= 11 is 0. The molecule has 0 bridgehead atoms. The fourth-order valence-electron chi connectivity index (χ4n) is 3.82. The Balaban J connectivity index is 1.90. The van der Waals surface area contributed by atoms with Crippen molar-refractivity contribution in [2.24, 2.45) is 5.92 Å². The molecule has 0 radical (unpaired) electrons. The summed E-state index contributed by atoms with van der Waals surface area (Å²) in [7, 11) is 2.16. The summed E-state index contributed by atoms with van der Waals surface area (Å²) < 4.78 is 0. The van der Waals surface area contributed by atoms with E-state index in [4.69, 9.17) is 0 Å². The van der Waals surface area contributed by atoms with Crippen molar-refractivity contribution in [1.29, 1.82) is 0 Å². The Morgan fingerprint density at radius 3 is 2.85 bits per heavy atom. The summed E-state index contributed by atoms with van der Waals surface area (Å²) in [5, 5.41) is 6.89. The molecule has 0 spiro atoms. The van der Waals surface area contributed by atoms with E-state index in [1.54, 1.807) is 6.92 Å². The van der Waals surface area contributed by atoms with Crippen LogP contribution in [-0.2, 0) is 4.79 Å². The van der Waals surface area contributed by atoms with Gasteiger partial charge in [0.15, 0.2) is 0 Å². The Labute approximate surface area is 120 Å². The zero-order valence-corrected chi connectivity index (χ0v) is 12.2. The lowest BCUT2D eigenvalue weighted by Crippen LogP contribution is -2.60. The second-order valence-corrected chi connectivity index (χ2v) is 6.23. The third-order valence-corrected chi connectivity index (χ3v) is 4.78. The first-order valence-corrected chi connectivity index (χ1v) is 7.36. The van der Waals surface area contributed by atoms with Crippen molar-refractivity contribution in [1.82, 2.24) is 15.5 Å². The van der Waals surface area contributed by atoms with Crippen LogP contribution in [0.3, 0.4) is 0 Å². The highest BCUT2D eigenvalue weighted by Crippen LogP contribution is 2.41. The average molecular weight is 273 g/mol. The van der Waals surface area contributed by atoms with E-state index in [1.165, 1.54) is 5.56 Å². The molecule has 0 aliphatic carbocycles. The molecular formula is C16H23N3O. The molecular weight excluding hydrogens is 250 g/mol. The third kappa shape index (κ3) is 2.34. The quantitative estimate of drug-likeness (QED) is 0.850. The normalized spacial score (nSPS) is 33.7. The van der Waals surface area contributed by atoms with Crippen LogP contribution < -0.4 is 10.6 Å². The number of carbonyl (C=O) groups is 1. The van der Waals surface area contributed by atoms with E-state index in [9.17, 15) is 4.79 Å². The number of amides is 1. The van der Waals surface area contributed by atoms with Crippen LogP contribution in [0.4, 0.5) is 0 Å². The van der Waals surface area contributed by atoms with Crippen LogP contribution in [0.2, 0.25) is 0 Å². The van der Waals surface area contributed by atoms with Gasteiger partial charge < -0.3 is 15.5 Å². The van der Waals surface area contributed by atoms with Crippen molar-refractivity contribution < 1.29 is 4.79 Å². The Bertz CT molecular complexity index is 490. The first-order chi connectivity index (χ1) is 9.61. The molecule has 4 heteroatoms. The molecule has 0 saturated carbocycles. The van der Waals surface area contributed by atoms with E-state index in [1.807, 2.05) is 6.07 Å². The maximum absolute atomic E-state index is 11.6. The lowest BCUT2D eigenvalue weighted by atomic mass is 9.76. The first-order valence-electron chi connectivity index (χ1n) is 7.36. The zero-order chi connectivity index (χ0) is 14.2.